The maximum Gasteiger partial charge on any atom is -0.0260 e. The molecule has 12 heavy (non-hydrogen) atoms. The fraction of sp³-hybridized carbons (Fsp3) is 0.500. The molecular weight excluding hydrogens is 144 g/mol. The molecule has 0 atom stereocenters. The zero-order valence-electron chi connectivity index (χ0n) is 8.94. The third-order valence-electron chi connectivity index (χ3n) is 2.28. The van der Waals surface area contributed by atoms with Crippen LogP contribution in [0, 0.1) is 5.92 Å². The second-order valence-electron chi connectivity index (χ2n) is 3.61. The summed E-state index contributed by atoms with van der Waals surface area (Å²) < 4.78 is 0. The van der Waals surface area contributed by atoms with Gasteiger partial charge in [-0.2, -0.15) is 0 Å². The third-order valence-corrected chi connectivity index (χ3v) is 2.28. The fourth-order valence-corrected chi connectivity index (χ4v) is 0.783. The average Bonchev–Trinajstić information content (AvgIpc) is 2.02. The van der Waals surface area contributed by atoms with Crippen LogP contribution in [0.15, 0.2) is 35.5 Å². The molecule has 0 aromatic rings. The van der Waals surface area contributed by atoms with Crippen LogP contribution >= 0.6 is 0 Å². The molecule has 0 heteroatoms. The number of rotatable bonds is 3. The molecule has 0 saturated carbocycles. The first-order chi connectivity index (χ1) is 5.49. The Hall–Kier alpha value is -0.780. The molecule has 0 aliphatic rings. The van der Waals surface area contributed by atoms with Gasteiger partial charge in [0.25, 0.3) is 0 Å². The van der Waals surface area contributed by atoms with Crippen molar-refractivity contribution in [3.63, 3.8) is 0 Å². The zero-order chi connectivity index (χ0) is 9.72. The second-order valence-corrected chi connectivity index (χ2v) is 3.61. The first-order valence-corrected chi connectivity index (χ1v) is 4.47. The molecule has 0 aliphatic heterocycles. The van der Waals surface area contributed by atoms with Crippen molar-refractivity contribution in [1.82, 2.24) is 0 Å². The summed E-state index contributed by atoms with van der Waals surface area (Å²) in [6, 6.07) is 0. The maximum absolute atomic E-state index is 3.75. The number of hydrogen-bond donors (Lipinski definition) is 0. The molecular formula is C12H20. The highest BCUT2D eigenvalue weighted by Gasteiger charge is 1.96. The van der Waals surface area contributed by atoms with E-state index >= 15 is 0 Å². The van der Waals surface area contributed by atoms with Crippen molar-refractivity contribution in [3.05, 3.63) is 35.5 Å². The standard InChI is InChI=1S/C12H20/c1-7-10(4)12(6)8-11(5)9(2)3/h7-9H,1H2,2-6H3/b11-8+,12-10-. The minimum Gasteiger partial charge on any atom is -0.0988 e. The normalized spacial score (nSPS) is 14.7. The highest BCUT2D eigenvalue weighted by atomic mass is 14.0. The van der Waals surface area contributed by atoms with Gasteiger partial charge in [-0.3, -0.25) is 0 Å². The van der Waals surface area contributed by atoms with Gasteiger partial charge in [0, 0.05) is 0 Å². The SMILES string of the molecule is C=C/C(C)=C(C)\C=C(/C)C(C)C. The Morgan fingerprint density at radius 2 is 1.58 bits per heavy atom. The zero-order valence-corrected chi connectivity index (χ0v) is 8.94. The van der Waals surface area contributed by atoms with Crippen LogP contribution in [0.4, 0.5) is 0 Å². The second kappa shape index (κ2) is 4.97. The molecule has 0 spiro atoms. The minimum atomic E-state index is 0.637. The Balaban J connectivity index is 4.64. The van der Waals surface area contributed by atoms with Gasteiger partial charge in [-0.05, 0) is 37.8 Å². The quantitative estimate of drug-likeness (QED) is 0.551. The van der Waals surface area contributed by atoms with Crippen LogP contribution in [0.25, 0.3) is 0 Å². The van der Waals surface area contributed by atoms with Crippen LogP contribution < -0.4 is 0 Å². The van der Waals surface area contributed by atoms with Gasteiger partial charge in [0.05, 0.1) is 0 Å². The van der Waals surface area contributed by atoms with Gasteiger partial charge in [0.1, 0.15) is 0 Å². The van der Waals surface area contributed by atoms with E-state index in [4.69, 9.17) is 0 Å². The third kappa shape index (κ3) is 3.56. The van der Waals surface area contributed by atoms with E-state index in [0.29, 0.717) is 5.92 Å². The lowest BCUT2D eigenvalue weighted by Gasteiger charge is -2.05. The van der Waals surface area contributed by atoms with Crippen LogP contribution in [-0.2, 0) is 0 Å². The van der Waals surface area contributed by atoms with Crippen molar-refractivity contribution >= 4 is 0 Å². The first kappa shape index (κ1) is 11.2. The summed E-state index contributed by atoms with van der Waals surface area (Å²) in [5.41, 5.74) is 4.00. The van der Waals surface area contributed by atoms with E-state index in [1.807, 2.05) is 6.08 Å². The monoisotopic (exact) mass is 164 g/mol. The lowest BCUT2D eigenvalue weighted by atomic mass is 10.0. The van der Waals surface area contributed by atoms with E-state index in [1.165, 1.54) is 16.7 Å². The Bertz CT molecular complexity index is 214. The Morgan fingerprint density at radius 1 is 1.08 bits per heavy atom. The van der Waals surface area contributed by atoms with Crippen molar-refractivity contribution < 1.29 is 0 Å². The summed E-state index contributed by atoms with van der Waals surface area (Å²) in [7, 11) is 0. The van der Waals surface area contributed by atoms with E-state index in [2.05, 4.69) is 47.3 Å². The smallest absolute Gasteiger partial charge is 0.0260 e. The highest BCUT2D eigenvalue weighted by molar-refractivity contribution is 5.31. The van der Waals surface area contributed by atoms with E-state index in [-0.39, 0.29) is 0 Å². The molecule has 0 saturated heterocycles. The Kier molecular flexibility index (Phi) is 4.65. The topological polar surface area (TPSA) is 0 Å². The number of hydrogen-bond acceptors (Lipinski definition) is 0. The fourth-order valence-electron chi connectivity index (χ4n) is 0.783. The van der Waals surface area contributed by atoms with Crippen LogP contribution in [0.3, 0.4) is 0 Å². The molecule has 0 amide bonds. The molecule has 0 rings (SSSR count). The largest absolute Gasteiger partial charge is 0.0988 e. The molecule has 0 unspecified atom stereocenters. The van der Waals surface area contributed by atoms with E-state index in [0.717, 1.165) is 0 Å². The molecule has 0 N–H and O–H groups in total. The Morgan fingerprint density at radius 3 is 1.92 bits per heavy atom. The van der Waals surface area contributed by atoms with Gasteiger partial charge in [0.15, 0.2) is 0 Å². The summed E-state index contributed by atoms with van der Waals surface area (Å²) >= 11 is 0. The lowest BCUT2D eigenvalue weighted by molar-refractivity contribution is 0.768. The highest BCUT2D eigenvalue weighted by Crippen LogP contribution is 2.13. The summed E-state index contributed by atoms with van der Waals surface area (Å²) in [6.45, 7) is 14.6. The average molecular weight is 164 g/mol. The molecule has 68 valence electrons. The molecule has 0 aromatic heterocycles. The number of allylic oxidation sites excluding steroid dienone is 5. The Labute approximate surface area is 76.7 Å². The van der Waals surface area contributed by atoms with Crippen molar-refractivity contribution in [2.75, 3.05) is 0 Å². The van der Waals surface area contributed by atoms with E-state index < -0.39 is 0 Å². The van der Waals surface area contributed by atoms with Gasteiger partial charge >= 0.3 is 0 Å². The van der Waals surface area contributed by atoms with Gasteiger partial charge in [-0.1, -0.05) is 38.2 Å². The minimum absolute atomic E-state index is 0.637. The molecule has 0 fully saturated rings. The van der Waals surface area contributed by atoms with Crippen LogP contribution in [0.1, 0.15) is 34.6 Å². The van der Waals surface area contributed by atoms with Gasteiger partial charge < -0.3 is 0 Å². The van der Waals surface area contributed by atoms with E-state index in [1.54, 1.807) is 0 Å². The summed E-state index contributed by atoms with van der Waals surface area (Å²) in [4.78, 5) is 0. The maximum atomic E-state index is 3.75. The van der Waals surface area contributed by atoms with E-state index in [9.17, 15) is 0 Å². The predicted octanol–water partition coefficient (Wildman–Crippen LogP) is 4.11. The van der Waals surface area contributed by atoms with Crippen molar-refractivity contribution in [2.24, 2.45) is 5.92 Å². The molecule has 0 aromatic carbocycles. The molecule has 0 radical (unpaired) electrons. The van der Waals surface area contributed by atoms with Gasteiger partial charge in [-0.25, -0.2) is 0 Å². The summed E-state index contributed by atoms with van der Waals surface area (Å²) in [6.07, 6.45) is 4.14. The van der Waals surface area contributed by atoms with Crippen molar-refractivity contribution in [3.8, 4) is 0 Å². The first-order valence-electron chi connectivity index (χ1n) is 4.47. The van der Waals surface area contributed by atoms with Gasteiger partial charge in [0.2, 0.25) is 0 Å². The molecule has 0 nitrogen and oxygen atoms in total. The molecule has 0 bridgehead atoms. The molecule has 0 aliphatic carbocycles. The van der Waals surface area contributed by atoms with Crippen molar-refractivity contribution in [1.29, 1.82) is 0 Å². The van der Waals surface area contributed by atoms with Crippen LogP contribution in [-0.4, -0.2) is 0 Å². The lowest BCUT2D eigenvalue weighted by Crippen LogP contribution is -1.89. The summed E-state index contributed by atoms with van der Waals surface area (Å²) in [5.74, 6) is 0.637. The predicted molar refractivity (Wildman–Crippen MR) is 57.2 cm³/mol. The van der Waals surface area contributed by atoms with Gasteiger partial charge in [-0.15, -0.1) is 0 Å². The van der Waals surface area contributed by atoms with Crippen LogP contribution in [0.5, 0.6) is 0 Å². The molecule has 0 heterocycles. The summed E-state index contributed by atoms with van der Waals surface area (Å²) in [5, 5.41) is 0. The van der Waals surface area contributed by atoms with Crippen LogP contribution in [0.2, 0.25) is 0 Å². The van der Waals surface area contributed by atoms with Crippen molar-refractivity contribution in [2.45, 2.75) is 34.6 Å².